The first-order valence-electron chi connectivity index (χ1n) is 4.13. The summed E-state index contributed by atoms with van der Waals surface area (Å²) in [5, 5.41) is 9.74. The van der Waals surface area contributed by atoms with E-state index in [1.165, 1.54) is 0 Å². The number of alkyl halides is 1. The van der Waals surface area contributed by atoms with E-state index in [-0.39, 0.29) is 12.4 Å². The zero-order valence-electron chi connectivity index (χ0n) is 7.46. The van der Waals surface area contributed by atoms with Crippen molar-refractivity contribution >= 4 is 33.3 Å². The van der Waals surface area contributed by atoms with Crippen molar-refractivity contribution in [3.63, 3.8) is 0 Å². The van der Waals surface area contributed by atoms with Gasteiger partial charge in [-0.15, -0.1) is 0 Å². The summed E-state index contributed by atoms with van der Waals surface area (Å²) in [5.41, 5.74) is 1.55. The number of carbonyl (C=O) groups excluding carboxylic acids is 1. The number of rotatable bonds is 4. The zero-order chi connectivity index (χ0) is 10.6. The van der Waals surface area contributed by atoms with Gasteiger partial charge in [0.2, 0.25) is 0 Å². The normalized spacial score (nSPS) is 10.2. The monoisotopic (exact) mass is 276 g/mol. The molecule has 0 aliphatic rings. The predicted molar refractivity (Wildman–Crippen MR) is 59.9 cm³/mol. The van der Waals surface area contributed by atoms with E-state index >= 15 is 0 Å². The zero-order valence-corrected chi connectivity index (χ0v) is 9.81. The number of hydrogen-bond donors (Lipinski definition) is 1. The summed E-state index contributed by atoms with van der Waals surface area (Å²) in [6.45, 7) is -0.0779. The van der Waals surface area contributed by atoms with Crippen LogP contribution in [0.3, 0.4) is 0 Å². The fraction of sp³-hybridized carbons (Fsp3) is 0.300. The lowest BCUT2D eigenvalue weighted by Crippen LogP contribution is -2.03. The highest BCUT2D eigenvalue weighted by molar-refractivity contribution is 9.09. The molecule has 4 heteroatoms. The number of ketones is 1. The fourth-order valence-electron chi connectivity index (χ4n) is 1.10. The summed E-state index contributed by atoms with van der Waals surface area (Å²) in [7, 11) is 0. The number of hydrogen-bond acceptors (Lipinski definition) is 2. The largest absolute Gasteiger partial charge is 0.392 e. The molecule has 1 N–H and O–H groups in total. The molecule has 1 aromatic carbocycles. The van der Waals surface area contributed by atoms with Crippen LogP contribution in [0.1, 0.15) is 11.1 Å². The minimum Gasteiger partial charge on any atom is -0.392 e. The maximum atomic E-state index is 11.1. The van der Waals surface area contributed by atoms with Gasteiger partial charge in [0, 0.05) is 11.4 Å². The van der Waals surface area contributed by atoms with Gasteiger partial charge in [0.15, 0.2) is 0 Å². The lowest BCUT2D eigenvalue weighted by Gasteiger charge is -2.03. The minimum atomic E-state index is -0.0779. The first kappa shape index (κ1) is 11.7. The quantitative estimate of drug-likeness (QED) is 0.858. The van der Waals surface area contributed by atoms with Gasteiger partial charge in [0.1, 0.15) is 5.78 Å². The summed E-state index contributed by atoms with van der Waals surface area (Å²) in [5.74, 6) is 0.109. The summed E-state index contributed by atoms with van der Waals surface area (Å²) >= 11 is 8.97. The van der Waals surface area contributed by atoms with E-state index in [0.717, 1.165) is 5.56 Å². The van der Waals surface area contributed by atoms with Crippen molar-refractivity contribution < 1.29 is 9.90 Å². The smallest absolute Gasteiger partial charge is 0.147 e. The first-order chi connectivity index (χ1) is 6.67. The second-order valence-electron chi connectivity index (χ2n) is 2.93. The maximum absolute atomic E-state index is 11.1. The van der Waals surface area contributed by atoms with Crippen LogP contribution in [0, 0.1) is 0 Å². The molecule has 0 saturated carbocycles. The first-order valence-corrected chi connectivity index (χ1v) is 5.63. The highest BCUT2D eigenvalue weighted by Crippen LogP contribution is 2.18. The SMILES string of the molecule is O=C(CBr)Cc1ccc(CO)c(Cl)c1. The Balaban J connectivity index is 2.81. The molecule has 0 aliphatic carbocycles. The summed E-state index contributed by atoms with van der Waals surface area (Å²) in [4.78, 5) is 11.1. The lowest BCUT2D eigenvalue weighted by molar-refractivity contribution is -0.115. The van der Waals surface area contributed by atoms with Gasteiger partial charge in [0.25, 0.3) is 0 Å². The number of halogens is 2. The highest BCUT2D eigenvalue weighted by Gasteiger charge is 2.04. The third-order valence-corrected chi connectivity index (χ3v) is 2.82. The number of benzene rings is 1. The van der Waals surface area contributed by atoms with E-state index in [2.05, 4.69) is 15.9 Å². The Hall–Kier alpha value is -0.380. The average Bonchev–Trinajstić information content (AvgIpc) is 2.18. The molecular weight excluding hydrogens is 267 g/mol. The molecule has 0 saturated heterocycles. The molecule has 0 heterocycles. The predicted octanol–water partition coefficient (Wildman–Crippen LogP) is 2.34. The molecule has 0 aromatic heterocycles. The number of carbonyl (C=O) groups is 1. The average molecular weight is 278 g/mol. The molecular formula is C10H10BrClO2. The Kier molecular flexibility index (Phi) is 4.58. The standard InChI is InChI=1S/C10H10BrClO2/c11-5-9(14)3-7-1-2-8(6-13)10(12)4-7/h1-2,4,13H,3,5-6H2. The summed E-state index contributed by atoms with van der Waals surface area (Å²) < 4.78 is 0. The van der Waals surface area contributed by atoms with Crippen LogP contribution in [0.25, 0.3) is 0 Å². The molecule has 0 atom stereocenters. The molecule has 0 unspecified atom stereocenters. The highest BCUT2D eigenvalue weighted by atomic mass is 79.9. The van der Waals surface area contributed by atoms with Gasteiger partial charge in [0.05, 0.1) is 11.9 Å². The van der Waals surface area contributed by atoms with Gasteiger partial charge in [-0.2, -0.15) is 0 Å². The van der Waals surface area contributed by atoms with Gasteiger partial charge >= 0.3 is 0 Å². The van der Waals surface area contributed by atoms with Crippen LogP contribution in [0.4, 0.5) is 0 Å². The van der Waals surface area contributed by atoms with E-state index < -0.39 is 0 Å². The minimum absolute atomic E-state index is 0.0779. The third-order valence-electron chi connectivity index (χ3n) is 1.84. The van der Waals surface area contributed by atoms with Crippen molar-refractivity contribution in [3.8, 4) is 0 Å². The van der Waals surface area contributed by atoms with E-state index in [1.54, 1.807) is 18.2 Å². The fourth-order valence-corrected chi connectivity index (χ4v) is 1.57. The van der Waals surface area contributed by atoms with Crippen molar-refractivity contribution in [2.45, 2.75) is 13.0 Å². The van der Waals surface area contributed by atoms with E-state index in [4.69, 9.17) is 16.7 Å². The third kappa shape index (κ3) is 3.08. The number of aliphatic hydroxyl groups is 1. The Bertz CT molecular complexity index is 339. The maximum Gasteiger partial charge on any atom is 0.147 e. The van der Waals surface area contributed by atoms with Gasteiger partial charge < -0.3 is 5.11 Å². The molecule has 0 bridgehead atoms. The summed E-state index contributed by atoms with van der Waals surface area (Å²) in [6, 6.07) is 5.25. The van der Waals surface area contributed by atoms with Crippen LogP contribution in [0.5, 0.6) is 0 Å². The molecule has 0 spiro atoms. The topological polar surface area (TPSA) is 37.3 Å². The second kappa shape index (κ2) is 5.49. The van der Waals surface area contributed by atoms with Gasteiger partial charge in [-0.1, -0.05) is 39.7 Å². The van der Waals surface area contributed by atoms with Crippen molar-refractivity contribution in [1.82, 2.24) is 0 Å². The molecule has 0 aliphatic heterocycles. The Morgan fingerprint density at radius 3 is 2.71 bits per heavy atom. The van der Waals surface area contributed by atoms with E-state index in [1.807, 2.05) is 0 Å². The van der Waals surface area contributed by atoms with E-state index in [9.17, 15) is 4.79 Å². The van der Waals surface area contributed by atoms with Crippen LogP contribution >= 0.6 is 27.5 Å². The number of Topliss-reactive ketones (excluding diaryl/α,β-unsaturated/α-hetero) is 1. The summed E-state index contributed by atoms with van der Waals surface area (Å²) in [6.07, 6.45) is 0.372. The van der Waals surface area contributed by atoms with Gasteiger partial charge in [-0.05, 0) is 17.2 Å². The molecule has 0 radical (unpaired) electrons. The van der Waals surface area contributed by atoms with Gasteiger partial charge in [-0.25, -0.2) is 0 Å². The van der Waals surface area contributed by atoms with Crippen molar-refractivity contribution in [1.29, 1.82) is 0 Å². The molecule has 14 heavy (non-hydrogen) atoms. The Morgan fingerprint density at radius 1 is 1.50 bits per heavy atom. The molecule has 0 amide bonds. The van der Waals surface area contributed by atoms with Crippen LogP contribution < -0.4 is 0 Å². The molecule has 1 aromatic rings. The van der Waals surface area contributed by atoms with Crippen molar-refractivity contribution in [3.05, 3.63) is 34.3 Å². The second-order valence-corrected chi connectivity index (χ2v) is 3.90. The van der Waals surface area contributed by atoms with Crippen molar-refractivity contribution in [2.24, 2.45) is 0 Å². The van der Waals surface area contributed by atoms with E-state index in [0.29, 0.717) is 22.3 Å². The number of aliphatic hydroxyl groups excluding tert-OH is 1. The molecule has 76 valence electrons. The van der Waals surface area contributed by atoms with Crippen LogP contribution in [-0.2, 0) is 17.8 Å². The Labute approximate surface area is 96.0 Å². The van der Waals surface area contributed by atoms with Gasteiger partial charge in [-0.3, -0.25) is 4.79 Å². The van der Waals surface area contributed by atoms with Crippen molar-refractivity contribution in [2.75, 3.05) is 5.33 Å². The van der Waals surface area contributed by atoms with Crippen LogP contribution in [0.15, 0.2) is 18.2 Å². The van der Waals surface area contributed by atoms with Crippen LogP contribution in [-0.4, -0.2) is 16.2 Å². The molecule has 2 nitrogen and oxygen atoms in total. The molecule has 1 rings (SSSR count). The Morgan fingerprint density at radius 2 is 2.21 bits per heavy atom. The van der Waals surface area contributed by atoms with Crippen LogP contribution in [0.2, 0.25) is 5.02 Å². The molecule has 0 fully saturated rings. The lowest BCUT2D eigenvalue weighted by atomic mass is 10.1.